The SMILES string of the molecule is COc1cc(/C=N\NC(=O)C(=O)NCc2ccc3c(c2)OCO3)cc(I)c1OCC(=O)Nc1cccc(Cl)c1. The molecule has 202 valence electrons. The number of benzene rings is 3. The Hall–Kier alpha value is -4.04. The van der Waals surface area contributed by atoms with E-state index < -0.39 is 11.8 Å². The minimum atomic E-state index is -0.931. The average molecular weight is 665 g/mol. The predicted octanol–water partition coefficient (Wildman–Crippen LogP) is 3.47. The molecule has 1 heterocycles. The van der Waals surface area contributed by atoms with Crippen molar-refractivity contribution in [3.8, 4) is 23.0 Å². The van der Waals surface area contributed by atoms with Crippen molar-refractivity contribution in [2.45, 2.75) is 6.54 Å². The number of carbonyl (C=O) groups excluding carboxylic acids is 3. The van der Waals surface area contributed by atoms with Crippen LogP contribution in [0.5, 0.6) is 23.0 Å². The number of hydrogen-bond acceptors (Lipinski definition) is 8. The van der Waals surface area contributed by atoms with E-state index in [1.165, 1.54) is 13.3 Å². The molecule has 1 aliphatic heterocycles. The number of nitrogens with zero attached hydrogens (tertiary/aromatic N) is 1. The molecule has 0 aromatic heterocycles. The number of rotatable bonds is 9. The predicted molar refractivity (Wildman–Crippen MR) is 151 cm³/mol. The minimum Gasteiger partial charge on any atom is -0.493 e. The molecule has 4 rings (SSSR count). The zero-order valence-corrected chi connectivity index (χ0v) is 23.4. The van der Waals surface area contributed by atoms with Gasteiger partial charge in [0.1, 0.15) is 0 Å². The fourth-order valence-electron chi connectivity index (χ4n) is 3.39. The monoisotopic (exact) mass is 664 g/mol. The van der Waals surface area contributed by atoms with Crippen molar-refractivity contribution in [3.05, 3.63) is 74.3 Å². The molecule has 1 aliphatic rings. The van der Waals surface area contributed by atoms with Crippen LogP contribution in [0.15, 0.2) is 59.7 Å². The van der Waals surface area contributed by atoms with Gasteiger partial charge in [-0.3, -0.25) is 14.4 Å². The summed E-state index contributed by atoms with van der Waals surface area (Å²) in [5.41, 5.74) is 4.04. The Balaban J connectivity index is 1.28. The van der Waals surface area contributed by atoms with Crippen molar-refractivity contribution in [2.24, 2.45) is 5.10 Å². The van der Waals surface area contributed by atoms with Crippen LogP contribution < -0.4 is 35.0 Å². The number of halogens is 2. The summed E-state index contributed by atoms with van der Waals surface area (Å²) in [6.07, 6.45) is 1.35. The molecule has 0 spiro atoms. The molecule has 0 atom stereocenters. The third-order valence-corrected chi connectivity index (χ3v) is 6.22. The quantitative estimate of drug-likeness (QED) is 0.138. The van der Waals surface area contributed by atoms with E-state index in [1.54, 1.807) is 54.6 Å². The minimum absolute atomic E-state index is 0.126. The Morgan fingerprint density at radius 2 is 1.90 bits per heavy atom. The molecule has 0 fully saturated rings. The van der Waals surface area contributed by atoms with E-state index in [4.69, 9.17) is 30.5 Å². The maximum Gasteiger partial charge on any atom is 0.329 e. The normalized spacial score (nSPS) is 11.7. The van der Waals surface area contributed by atoms with Crippen molar-refractivity contribution in [3.63, 3.8) is 0 Å². The number of carbonyl (C=O) groups is 3. The van der Waals surface area contributed by atoms with Gasteiger partial charge in [0.15, 0.2) is 29.6 Å². The van der Waals surface area contributed by atoms with E-state index in [-0.39, 0.29) is 25.9 Å². The largest absolute Gasteiger partial charge is 0.493 e. The van der Waals surface area contributed by atoms with Crippen LogP contribution in [0.1, 0.15) is 11.1 Å². The zero-order valence-electron chi connectivity index (χ0n) is 20.5. The maximum atomic E-state index is 12.3. The molecule has 39 heavy (non-hydrogen) atoms. The number of hydrogen-bond donors (Lipinski definition) is 3. The van der Waals surface area contributed by atoms with Gasteiger partial charge in [0.25, 0.3) is 5.91 Å². The summed E-state index contributed by atoms with van der Waals surface area (Å²) in [7, 11) is 1.46. The number of ether oxygens (including phenoxy) is 4. The molecule has 3 N–H and O–H groups in total. The lowest BCUT2D eigenvalue weighted by atomic mass is 10.2. The molecule has 0 bridgehead atoms. The molecule has 0 radical (unpaired) electrons. The third kappa shape index (κ3) is 7.74. The summed E-state index contributed by atoms with van der Waals surface area (Å²) < 4.78 is 22.3. The number of fused-ring (bicyclic) bond motifs is 1. The molecule has 3 amide bonds. The summed E-state index contributed by atoms with van der Waals surface area (Å²) in [6, 6.07) is 15.3. The lowest BCUT2D eigenvalue weighted by Gasteiger charge is -2.13. The van der Waals surface area contributed by atoms with Crippen LogP contribution >= 0.6 is 34.2 Å². The van der Waals surface area contributed by atoms with E-state index in [9.17, 15) is 14.4 Å². The number of amides is 3. The van der Waals surface area contributed by atoms with E-state index in [1.807, 2.05) is 22.6 Å². The van der Waals surface area contributed by atoms with Gasteiger partial charge in [-0.1, -0.05) is 23.7 Å². The van der Waals surface area contributed by atoms with Crippen molar-refractivity contribution in [2.75, 3.05) is 25.8 Å². The molecule has 0 unspecified atom stereocenters. The second-order valence-electron chi connectivity index (χ2n) is 7.95. The first-order valence-corrected chi connectivity index (χ1v) is 12.8. The van der Waals surface area contributed by atoms with Gasteiger partial charge in [-0.15, -0.1) is 0 Å². The van der Waals surface area contributed by atoms with Crippen LogP contribution in [-0.4, -0.2) is 44.4 Å². The number of anilines is 1. The van der Waals surface area contributed by atoms with Crippen LogP contribution in [0.4, 0.5) is 5.69 Å². The van der Waals surface area contributed by atoms with Crippen LogP contribution in [0.25, 0.3) is 0 Å². The maximum absolute atomic E-state index is 12.3. The molecule has 11 nitrogen and oxygen atoms in total. The topological polar surface area (TPSA) is 137 Å². The van der Waals surface area contributed by atoms with Gasteiger partial charge < -0.3 is 29.6 Å². The standard InChI is InChI=1S/C26H22ClIN4O7/c1-36-22-9-16(7-19(28)24(22)37-13-23(33)31-18-4-2-3-17(27)10-18)12-30-32-26(35)25(34)29-11-15-5-6-20-21(8-15)39-14-38-20/h2-10,12H,11,13-14H2,1H3,(H,29,34)(H,31,33)(H,32,35)/b30-12-. The Bertz CT molecular complexity index is 1430. The fraction of sp³-hybridized carbons (Fsp3) is 0.154. The third-order valence-electron chi connectivity index (χ3n) is 5.18. The van der Waals surface area contributed by atoms with Gasteiger partial charge in [-0.25, -0.2) is 5.43 Å². The smallest absolute Gasteiger partial charge is 0.329 e. The summed E-state index contributed by atoms with van der Waals surface area (Å²) in [5.74, 6) is -0.230. The van der Waals surface area contributed by atoms with Gasteiger partial charge in [0, 0.05) is 17.3 Å². The Kier molecular flexibility index (Phi) is 9.44. The van der Waals surface area contributed by atoms with Crippen molar-refractivity contribution >= 4 is 63.8 Å². The molecule has 3 aromatic rings. The van der Waals surface area contributed by atoms with Crippen molar-refractivity contribution in [1.82, 2.24) is 10.7 Å². The zero-order chi connectivity index (χ0) is 27.8. The lowest BCUT2D eigenvalue weighted by Crippen LogP contribution is -2.37. The van der Waals surface area contributed by atoms with Gasteiger partial charge >= 0.3 is 11.8 Å². The highest BCUT2D eigenvalue weighted by Crippen LogP contribution is 2.34. The summed E-state index contributed by atoms with van der Waals surface area (Å²) in [6.45, 7) is 0.0124. The fourth-order valence-corrected chi connectivity index (χ4v) is 4.36. The lowest BCUT2D eigenvalue weighted by molar-refractivity contribution is -0.139. The number of nitrogens with one attached hydrogen (secondary N) is 3. The number of hydrazone groups is 1. The van der Waals surface area contributed by atoms with E-state index in [0.717, 1.165) is 5.56 Å². The second kappa shape index (κ2) is 13.2. The molecule has 3 aromatic carbocycles. The molecule has 0 saturated carbocycles. The van der Waals surface area contributed by atoms with Gasteiger partial charge in [-0.2, -0.15) is 5.10 Å². The van der Waals surface area contributed by atoms with Crippen molar-refractivity contribution < 1.29 is 33.3 Å². The van der Waals surface area contributed by atoms with Crippen LogP contribution in [0.2, 0.25) is 5.02 Å². The van der Waals surface area contributed by atoms with Gasteiger partial charge in [-0.05, 0) is 76.2 Å². The van der Waals surface area contributed by atoms with Crippen LogP contribution in [-0.2, 0) is 20.9 Å². The van der Waals surface area contributed by atoms with E-state index in [2.05, 4.69) is 21.2 Å². The van der Waals surface area contributed by atoms with Gasteiger partial charge in [0.2, 0.25) is 6.79 Å². The summed E-state index contributed by atoms with van der Waals surface area (Å²) in [4.78, 5) is 36.5. The molecular formula is C26H22ClIN4O7. The summed E-state index contributed by atoms with van der Waals surface area (Å²) >= 11 is 7.97. The first-order chi connectivity index (χ1) is 18.8. The molecule has 13 heteroatoms. The highest BCUT2D eigenvalue weighted by Gasteiger charge is 2.16. The summed E-state index contributed by atoms with van der Waals surface area (Å²) in [5, 5.41) is 9.56. The van der Waals surface area contributed by atoms with Crippen LogP contribution in [0.3, 0.4) is 0 Å². The van der Waals surface area contributed by atoms with Gasteiger partial charge in [0.05, 0.1) is 16.9 Å². The molecular weight excluding hydrogens is 643 g/mol. The molecule has 0 aliphatic carbocycles. The highest BCUT2D eigenvalue weighted by molar-refractivity contribution is 14.1. The average Bonchev–Trinajstić information content (AvgIpc) is 3.38. The van der Waals surface area contributed by atoms with E-state index >= 15 is 0 Å². The number of methoxy groups -OCH3 is 1. The second-order valence-corrected chi connectivity index (χ2v) is 9.55. The van der Waals surface area contributed by atoms with E-state index in [0.29, 0.717) is 42.8 Å². The van der Waals surface area contributed by atoms with Crippen LogP contribution in [0, 0.1) is 3.57 Å². The Morgan fingerprint density at radius 1 is 1.08 bits per heavy atom. The Morgan fingerprint density at radius 3 is 2.69 bits per heavy atom. The first kappa shape index (κ1) is 28.0. The highest BCUT2D eigenvalue weighted by atomic mass is 127. The first-order valence-electron chi connectivity index (χ1n) is 11.4. The Labute approximate surface area is 241 Å². The molecule has 0 saturated heterocycles. The van der Waals surface area contributed by atoms with Crippen molar-refractivity contribution in [1.29, 1.82) is 0 Å².